The average molecular weight is 323 g/mol. The van der Waals surface area contributed by atoms with E-state index in [2.05, 4.69) is 43.7 Å². The number of hydrogen-bond donors (Lipinski definition) is 4. The van der Waals surface area contributed by atoms with Crippen molar-refractivity contribution in [3.05, 3.63) is 41.7 Å². The van der Waals surface area contributed by atoms with Gasteiger partial charge in [0.05, 0.1) is 11.9 Å². The first-order valence-electron chi connectivity index (χ1n) is 7.73. The zero-order valence-electron chi connectivity index (χ0n) is 13.6. The molecule has 3 aromatic rings. The molecule has 1 aromatic carbocycles. The Balaban J connectivity index is 0.00000169. The third-order valence-electron chi connectivity index (χ3n) is 4.09. The van der Waals surface area contributed by atoms with Crippen LogP contribution in [0.5, 0.6) is 0 Å². The Bertz CT molecular complexity index is 869. The van der Waals surface area contributed by atoms with Crippen molar-refractivity contribution in [1.29, 1.82) is 0 Å². The minimum absolute atomic E-state index is 0. The van der Waals surface area contributed by atoms with Crippen LogP contribution in [-0.4, -0.2) is 26.7 Å². The molecule has 3 heterocycles. The number of nitrogen functional groups attached to an aromatic ring is 1. The third kappa shape index (κ3) is 2.81. The van der Waals surface area contributed by atoms with Crippen molar-refractivity contribution in [3.8, 4) is 22.6 Å². The predicted molar refractivity (Wildman–Crippen MR) is 96.0 cm³/mol. The summed E-state index contributed by atoms with van der Waals surface area (Å²) in [4.78, 5) is 8.97. The molecule has 2 aromatic heterocycles. The number of anilines is 2. The van der Waals surface area contributed by atoms with Gasteiger partial charge >= 0.3 is 0 Å². The molecule has 24 heavy (non-hydrogen) atoms. The summed E-state index contributed by atoms with van der Waals surface area (Å²) in [5.41, 5.74) is 12.7. The van der Waals surface area contributed by atoms with E-state index in [0.29, 0.717) is 17.2 Å². The van der Waals surface area contributed by atoms with Gasteiger partial charge in [-0.25, -0.2) is 9.97 Å². The van der Waals surface area contributed by atoms with E-state index >= 15 is 0 Å². The average Bonchev–Trinajstić information content (AvgIpc) is 3.00. The van der Waals surface area contributed by atoms with Gasteiger partial charge < -0.3 is 17.2 Å². The summed E-state index contributed by atoms with van der Waals surface area (Å²) in [7, 11) is 0. The summed E-state index contributed by atoms with van der Waals surface area (Å²) in [5, 5.41) is 10.5. The number of nitrogens with two attached hydrogens (primary N) is 1. The zero-order valence-corrected chi connectivity index (χ0v) is 13.6. The molecule has 4 rings (SSSR count). The Morgan fingerprint density at radius 3 is 2.79 bits per heavy atom. The SMILES string of the molecule is Cc1cc(-c2ncc(-c3ccc4c(c3)NCCC4)nc2N)n[nH]1.N. The molecule has 0 bridgehead atoms. The fourth-order valence-electron chi connectivity index (χ4n) is 2.90. The molecule has 1 aliphatic heterocycles. The van der Waals surface area contributed by atoms with E-state index < -0.39 is 0 Å². The van der Waals surface area contributed by atoms with Crippen molar-refractivity contribution in [1.82, 2.24) is 26.3 Å². The maximum absolute atomic E-state index is 6.09. The highest BCUT2D eigenvalue weighted by atomic mass is 15.1. The molecule has 0 unspecified atom stereocenters. The molecule has 0 amide bonds. The summed E-state index contributed by atoms with van der Waals surface area (Å²) in [5.74, 6) is 0.389. The lowest BCUT2D eigenvalue weighted by Gasteiger charge is -2.18. The Hall–Kier alpha value is -2.93. The van der Waals surface area contributed by atoms with Crippen molar-refractivity contribution >= 4 is 11.5 Å². The van der Waals surface area contributed by atoms with Crippen LogP contribution in [0.25, 0.3) is 22.6 Å². The van der Waals surface area contributed by atoms with Gasteiger partial charge in [-0.2, -0.15) is 5.10 Å². The zero-order chi connectivity index (χ0) is 15.8. The second-order valence-electron chi connectivity index (χ2n) is 5.83. The number of H-pyrrole nitrogens is 1. The minimum Gasteiger partial charge on any atom is -0.385 e. The maximum Gasteiger partial charge on any atom is 0.152 e. The lowest BCUT2D eigenvalue weighted by Crippen LogP contribution is -2.11. The third-order valence-corrected chi connectivity index (χ3v) is 4.09. The Kier molecular flexibility index (Phi) is 4.18. The highest BCUT2D eigenvalue weighted by Crippen LogP contribution is 2.29. The van der Waals surface area contributed by atoms with Crippen LogP contribution in [0, 0.1) is 6.92 Å². The molecule has 7 N–H and O–H groups in total. The van der Waals surface area contributed by atoms with Crippen molar-refractivity contribution in [2.75, 3.05) is 17.6 Å². The Morgan fingerprint density at radius 2 is 2.04 bits per heavy atom. The van der Waals surface area contributed by atoms with Gasteiger partial charge in [0, 0.05) is 23.5 Å². The van der Waals surface area contributed by atoms with Crippen LogP contribution in [0.4, 0.5) is 11.5 Å². The summed E-state index contributed by atoms with van der Waals surface area (Å²) < 4.78 is 0. The van der Waals surface area contributed by atoms with E-state index in [0.717, 1.165) is 29.9 Å². The summed E-state index contributed by atoms with van der Waals surface area (Å²) in [6.45, 7) is 2.95. The lowest BCUT2D eigenvalue weighted by atomic mass is 10.0. The number of rotatable bonds is 2. The van der Waals surface area contributed by atoms with Crippen LogP contribution >= 0.6 is 0 Å². The van der Waals surface area contributed by atoms with E-state index in [1.807, 2.05) is 13.0 Å². The summed E-state index contributed by atoms with van der Waals surface area (Å²) in [6.07, 6.45) is 4.05. The minimum atomic E-state index is 0. The van der Waals surface area contributed by atoms with Crippen LogP contribution in [0.2, 0.25) is 0 Å². The highest BCUT2D eigenvalue weighted by molar-refractivity contribution is 5.72. The summed E-state index contributed by atoms with van der Waals surface area (Å²) >= 11 is 0. The molecule has 0 aliphatic carbocycles. The maximum atomic E-state index is 6.09. The first-order valence-corrected chi connectivity index (χ1v) is 7.73. The van der Waals surface area contributed by atoms with Gasteiger partial charge in [0.2, 0.25) is 0 Å². The summed E-state index contributed by atoms with van der Waals surface area (Å²) in [6, 6.07) is 8.26. The molecule has 0 fully saturated rings. The van der Waals surface area contributed by atoms with E-state index in [1.165, 1.54) is 17.7 Å². The molecule has 124 valence electrons. The molecule has 7 heteroatoms. The van der Waals surface area contributed by atoms with Gasteiger partial charge in [-0.15, -0.1) is 0 Å². The molecule has 7 nitrogen and oxygen atoms in total. The van der Waals surface area contributed by atoms with Gasteiger partial charge in [-0.05, 0) is 37.5 Å². The number of fused-ring (bicyclic) bond motifs is 1. The van der Waals surface area contributed by atoms with E-state index in [4.69, 9.17) is 5.73 Å². The van der Waals surface area contributed by atoms with Gasteiger partial charge in [-0.1, -0.05) is 12.1 Å². The van der Waals surface area contributed by atoms with Crippen molar-refractivity contribution in [3.63, 3.8) is 0 Å². The molecular formula is C17H21N7. The largest absolute Gasteiger partial charge is 0.385 e. The number of benzene rings is 1. The van der Waals surface area contributed by atoms with Gasteiger partial charge in [-0.3, -0.25) is 5.10 Å². The Morgan fingerprint density at radius 1 is 1.17 bits per heavy atom. The number of nitrogens with one attached hydrogen (secondary N) is 2. The second-order valence-corrected chi connectivity index (χ2v) is 5.83. The van der Waals surface area contributed by atoms with E-state index in [9.17, 15) is 0 Å². The second kappa shape index (κ2) is 6.29. The van der Waals surface area contributed by atoms with Gasteiger partial charge in [0.1, 0.15) is 11.4 Å². The van der Waals surface area contributed by atoms with Crippen molar-refractivity contribution in [2.45, 2.75) is 19.8 Å². The number of nitrogens with zero attached hydrogens (tertiary/aromatic N) is 3. The fourth-order valence-corrected chi connectivity index (χ4v) is 2.90. The Labute approximate surface area is 140 Å². The molecule has 0 saturated carbocycles. The first kappa shape index (κ1) is 15.9. The van der Waals surface area contributed by atoms with Crippen molar-refractivity contribution in [2.24, 2.45) is 0 Å². The lowest BCUT2D eigenvalue weighted by molar-refractivity contribution is 0.830. The number of hydrogen-bond acceptors (Lipinski definition) is 6. The van der Waals surface area contributed by atoms with Crippen LogP contribution < -0.4 is 17.2 Å². The monoisotopic (exact) mass is 323 g/mol. The van der Waals surface area contributed by atoms with Crippen LogP contribution in [0.1, 0.15) is 17.7 Å². The number of aryl methyl sites for hydroxylation is 2. The van der Waals surface area contributed by atoms with Crippen LogP contribution in [0.15, 0.2) is 30.5 Å². The van der Waals surface area contributed by atoms with Crippen molar-refractivity contribution < 1.29 is 0 Å². The quantitative estimate of drug-likeness (QED) is 0.574. The first-order chi connectivity index (χ1) is 11.2. The van der Waals surface area contributed by atoms with Crippen LogP contribution in [-0.2, 0) is 6.42 Å². The molecule has 0 saturated heterocycles. The smallest absolute Gasteiger partial charge is 0.152 e. The standard InChI is InChI=1S/C17H18N6.H3N/c1-10-7-14(23-22-10)16-17(18)21-15(9-20-16)12-5-4-11-3-2-6-19-13(11)8-12;/h4-5,7-9,19H,2-3,6H2,1H3,(H2,18,21)(H,22,23);1H3. The topological polar surface area (TPSA) is 128 Å². The van der Waals surface area contributed by atoms with Crippen LogP contribution in [0.3, 0.4) is 0 Å². The number of aromatic nitrogens is 4. The van der Waals surface area contributed by atoms with Gasteiger partial charge in [0.15, 0.2) is 5.82 Å². The normalized spacial score (nSPS) is 12.9. The van der Waals surface area contributed by atoms with E-state index in [1.54, 1.807) is 6.20 Å². The molecule has 0 atom stereocenters. The fraction of sp³-hybridized carbons (Fsp3) is 0.235. The van der Waals surface area contributed by atoms with E-state index in [-0.39, 0.29) is 6.15 Å². The molecule has 0 radical (unpaired) electrons. The molecule has 1 aliphatic rings. The highest BCUT2D eigenvalue weighted by Gasteiger charge is 2.13. The number of aromatic amines is 1. The molecule has 0 spiro atoms. The van der Waals surface area contributed by atoms with Gasteiger partial charge in [0.25, 0.3) is 0 Å². The predicted octanol–water partition coefficient (Wildman–Crippen LogP) is 2.94. The molecular weight excluding hydrogens is 302 g/mol.